The van der Waals surface area contributed by atoms with Crippen LogP contribution < -0.4 is 10.1 Å². The Hall–Kier alpha value is -2.89. The molecule has 2 aromatic rings. The fourth-order valence-electron chi connectivity index (χ4n) is 4.05. The van der Waals surface area contributed by atoms with Crippen molar-refractivity contribution in [3.63, 3.8) is 0 Å². The van der Waals surface area contributed by atoms with E-state index in [9.17, 15) is 14.0 Å². The van der Waals surface area contributed by atoms with Crippen LogP contribution in [0.5, 0.6) is 5.75 Å². The monoisotopic (exact) mass is 440 g/mol. The first-order chi connectivity index (χ1) is 15.3. The number of ether oxygens (including phenoxy) is 1. The minimum Gasteiger partial charge on any atom is -0.483 e. The van der Waals surface area contributed by atoms with E-state index in [2.05, 4.69) is 5.32 Å². The van der Waals surface area contributed by atoms with Gasteiger partial charge < -0.3 is 15.0 Å². The van der Waals surface area contributed by atoms with Crippen molar-refractivity contribution >= 4 is 11.8 Å². The minimum atomic E-state index is -0.744. The molecule has 1 aliphatic carbocycles. The number of hydrogen-bond donors (Lipinski definition) is 1. The van der Waals surface area contributed by atoms with Crippen molar-refractivity contribution in [3.8, 4) is 5.75 Å². The largest absolute Gasteiger partial charge is 0.483 e. The molecule has 1 aliphatic rings. The van der Waals surface area contributed by atoms with E-state index in [4.69, 9.17) is 4.74 Å². The van der Waals surface area contributed by atoms with Gasteiger partial charge in [0.15, 0.2) is 6.61 Å². The highest BCUT2D eigenvalue weighted by molar-refractivity contribution is 5.88. The maximum atomic E-state index is 14.3. The fraction of sp³-hybridized carbons (Fsp3) is 0.462. The van der Waals surface area contributed by atoms with E-state index in [1.807, 2.05) is 32.0 Å². The third-order valence-corrected chi connectivity index (χ3v) is 6.11. The molecule has 6 heteroatoms. The quantitative estimate of drug-likeness (QED) is 0.648. The van der Waals surface area contributed by atoms with E-state index in [-0.39, 0.29) is 31.0 Å². The maximum absolute atomic E-state index is 14.3. The lowest BCUT2D eigenvalue weighted by Gasteiger charge is -2.31. The molecule has 172 valence electrons. The molecule has 1 fully saturated rings. The molecule has 32 heavy (non-hydrogen) atoms. The molecule has 1 saturated carbocycles. The van der Waals surface area contributed by atoms with E-state index >= 15 is 0 Å². The fourth-order valence-corrected chi connectivity index (χ4v) is 4.05. The highest BCUT2D eigenvalue weighted by Gasteiger charge is 2.29. The van der Waals surface area contributed by atoms with Gasteiger partial charge in [-0.3, -0.25) is 9.59 Å². The molecule has 0 spiro atoms. The van der Waals surface area contributed by atoms with Crippen molar-refractivity contribution < 1.29 is 18.7 Å². The number of hydrogen-bond acceptors (Lipinski definition) is 3. The summed E-state index contributed by atoms with van der Waals surface area (Å²) in [5.74, 6) is -0.349. The van der Waals surface area contributed by atoms with Crippen molar-refractivity contribution in [1.29, 1.82) is 0 Å². The molecule has 0 aliphatic heterocycles. The third-order valence-electron chi connectivity index (χ3n) is 6.11. The predicted octanol–water partition coefficient (Wildman–Crippen LogP) is 4.69. The normalized spacial score (nSPS) is 15.1. The lowest BCUT2D eigenvalue weighted by atomic mass is 9.95. The SMILES string of the molecule is Cc1ccc(C)c(OCC(=O)N(Cc2ccccc2F)[C@H](C)C(=O)NC2CCCCC2)c1. The summed E-state index contributed by atoms with van der Waals surface area (Å²) in [5.41, 5.74) is 2.32. The van der Waals surface area contributed by atoms with E-state index in [1.54, 1.807) is 25.1 Å². The van der Waals surface area contributed by atoms with Crippen LogP contribution in [0.3, 0.4) is 0 Å². The Kier molecular flexibility index (Phi) is 8.26. The van der Waals surface area contributed by atoms with Crippen LogP contribution in [0.1, 0.15) is 55.7 Å². The Morgan fingerprint density at radius 3 is 2.56 bits per heavy atom. The Morgan fingerprint density at radius 2 is 1.84 bits per heavy atom. The molecule has 1 N–H and O–H groups in total. The Bertz CT molecular complexity index is 940. The van der Waals surface area contributed by atoms with Crippen molar-refractivity contribution in [1.82, 2.24) is 10.2 Å². The first-order valence-electron chi connectivity index (χ1n) is 11.4. The van der Waals surface area contributed by atoms with Gasteiger partial charge in [-0.2, -0.15) is 0 Å². The van der Waals surface area contributed by atoms with Crippen LogP contribution in [0, 0.1) is 19.7 Å². The summed E-state index contributed by atoms with van der Waals surface area (Å²) in [6, 6.07) is 11.5. The zero-order valence-electron chi connectivity index (χ0n) is 19.2. The van der Waals surface area contributed by atoms with E-state index < -0.39 is 11.9 Å². The molecule has 3 rings (SSSR count). The minimum absolute atomic E-state index is 0.000912. The molecular weight excluding hydrogens is 407 g/mol. The summed E-state index contributed by atoms with van der Waals surface area (Å²) in [6.07, 6.45) is 5.29. The van der Waals surface area contributed by atoms with Crippen molar-refractivity contribution in [2.24, 2.45) is 0 Å². The summed E-state index contributed by atoms with van der Waals surface area (Å²) in [6.45, 7) is 5.34. The molecule has 0 aromatic heterocycles. The number of carbonyl (C=O) groups excluding carboxylic acids is 2. The molecule has 0 heterocycles. The molecule has 2 aromatic carbocycles. The van der Waals surface area contributed by atoms with Gasteiger partial charge in [0.05, 0.1) is 0 Å². The predicted molar refractivity (Wildman–Crippen MR) is 123 cm³/mol. The smallest absolute Gasteiger partial charge is 0.261 e. The van der Waals surface area contributed by atoms with Crippen LogP contribution in [-0.2, 0) is 16.1 Å². The second-order valence-electron chi connectivity index (χ2n) is 8.69. The van der Waals surface area contributed by atoms with Gasteiger partial charge in [-0.15, -0.1) is 0 Å². The molecule has 5 nitrogen and oxygen atoms in total. The molecular formula is C26H33FN2O3. The first-order valence-corrected chi connectivity index (χ1v) is 11.4. The van der Waals surface area contributed by atoms with Crippen molar-refractivity contribution in [3.05, 3.63) is 65.0 Å². The standard InChI is InChI=1S/C26H33FN2O3/c1-18-13-14-19(2)24(15-18)32-17-25(30)29(16-21-9-7-8-12-23(21)27)20(3)26(31)28-22-10-5-4-6-11-22/h7-9,12-15,20,22H,4-6,10-11,16-17H2,1-3H3,(H,28,31)/t20-/m1/s1. The van der Waals surface area contributed by atoms with Crippen LogP contribution in [0.25, 0.3) is 0 Å². The van der Waals surface area contributed by atoms with Gasteiger partial charge in [-0.05, 0) is 56.9 Å². The van der Waals surface area contributed by atoms with Gasteiger partial charge in [0.1, 0.15) is 17.6 Å². The highest BCUT2D eigenvalue weighted by Crippen LogP contribution is 2.21. The van der Waals surface area contributed by atoms with Crippen LogP contribution >= 0.6 is 0 Å². The van der Waals surface area contributed by atoms with E-state index in [0.717, 1.165) is 36.8 Å². The zero-order valence-corrected chi connectivity index (χ0v) is 19.2. The number of carbonyl (C=O) groups is 2. The van der Waals surface area contributed by atoms with Crippen LogP contribution in [0.4, 0.5) is 4.39 Å². The summed E-state index contributed by atoms with van der Waals surface area (Å²) in [5, 5.41) is 3.08. The number of nitrogens with one attached hydrogen (secondary N) is 1. The van der Waals surface area contributed by atoms with Gasteiger partial charge in [-0.1, -0.05) is 49.6 Å². The average molecular weight is 441 g/mol. The molecule has 2 amide bonds. The summed E-state index contributed by atoms with van der Waals surface area (Å²) < 4.78 is 20.1. The van der Waals surface area contributed by atoms with Crippen LogP contribution in [0.15, 0.2) is 42.5 Å². The maximum Gasteiger partial charge on any atom is 0.261 e. The van der Waals surface area contributed by atoms with Crippen LogP contribution in [-0.4, -0.2) is 35.4 Å². The zero-order chi connectivity index (χ0) is 23.1. The average Bonchev–Trinajstić information content (AvgIpc) is 2.79. The number of rotatable bonds is 8. The van der Waals surface area contributed by atoms with Gasteiger partial charge in [-0.25, -0.2) is 4.39 Å². The number of amides is 2. The van der Waals surface area contributed by atoms with Crippen molar-refractivity contribution in [2.75, 3.05) is 6.61 Å². The Labute approximate surface area is 190 Å². The lowest BCUT2D eigenvalue weighted by molar-refractivity contribution is -0.142. The molecule has 0 saturated heterocycles. The molecule has 0 unspecified atom stereocenters. The van der Waals surface area contributed by atoms with Gasteiger partial charge in [0.2, 0.25) is 5.91 Å². The molecule has 0 bridgehead atoms. The highest BCUT2D eigenvalue weighted by atomic mass is 19.1. The third kappa shape index (κ3) is 6.31. The number of nitrogens with zero attached hydrogens (tertiary/aromatic N) is 1. The molecule has 0 radical (unpaired) electrons. The van der Waals surface area contributed by atoms with Crippen molar-refractivity contribution in [2.45, 2.75) is 71.5 Å². The van der Waals surface area contributed by atoms with Gasteiger partial charge >= 0.3 is 0 Å². The Balaban J connectivity index is 1.74. The van der Waals surface area contributed by atoms with Crippen LogP contribution in [0.2, 0.25) is 0 Å². The summed E-state index contributed by atoms with van der Waals surface area (Å²) in [4.78, 5) is 27.5. The molecule has 1 atom stereocenters. The van der Waals surface area contributed by atoms with E-state index in [0.29, 0.717) is 11.3 Å². The Morgan fingerprint density at radius 1 is 1.12 bits per heavy atom. The number of benzene rings is 2. The lowest BCUT2D eigenvalue weighted by Crippen LogP contribution is -2.51. The summed E-state index contributed by atoms with van der Waals surface area (Å²) in [7, 11) is 0. The topological polar surface area (TPSA) is 58.6 Å². The summed E-state index contributed by atoms with van der Waals surface area (Å²) >= 11 is 0. The van der Waals surface area contributed by atoms with Gasteiger partial charge in [0.25, 0.3) is 5.91 Å². The second-order valence-corrected chi connectivity index (χ2v) is 8.69. The number of halogens is 1. The first kappa shape index (κ1) is 23.8. The number of aryl methyl sites for hydroxylation is 2. The van der Waals surface area contributed by atoms with E-state index in [1.165, 1.54) is 17.4 Å². The van der Waals surface area contributed by atoms with Gasteiger partial charge in [0, 0.05) is 18.2 Å². The second kappa shape index (κ2) is 11.1.